The molecule has 1 aliphatic heterocycles. The number of likely N-dealkylation sites (tertiary alicyclic amines) is 1. The number of nitrogens with two attached hydrogens (primary N) is 1. The zero-order valence-corrected chi connectivity index (χ0v) is 10.0. The van der Waals surface area contributed by atoms with Crippen LogP contribution in [0.3, 0.4) is 0 Å². The van der Waals surface area contributed by atoms with Crippen LogP contribution in [0.2, 0.25) is 0 Å². The number of carbonyl (C=O) groups is 1. The van der Waals surface area contributed by atoms with Crippen molar-refractivity contribution in [3.05, 3.63) is 35.6 Å². The van der Waals surface area contributed by atoms with E-state index in [0.29, 0.717) is 18.7 Å². The molecule has 0 unspecified atom stereocenters. The Bertz CT molecular complexity index is 458. The molecule has 0 radical (unpaired) electrons. The monoisotopic (exact) mass is 249 g/mol. The van der Waals surface area contributed by atoms with Crippen molar-refractivity contribution in [2.45, 2.75) is 12.8 Å². The molecule has 5 heteroatoms. The second kappa shape index (κ2) is 5.16. The number of hydrogen-bond donors (Lipinski definition) is 2. The molecular formula is C13H16FN3O. The van der Waals surface area contributed by atoms with Crippen LogP contribution in [0.1, 0.15) is 23.2 Å². The zero-order valence-electron chi connectivity index (χ0n) is 10.0. The molecular weight excluding hydrogens is 233 g/mol. The van der Waals surface area contributed by atoms with Crippen molar-refractivity contribution in [2.24, 2.45) is 11.7 Å². The van der Waals surface area contributed by atoms with E-state index >= 15 is 0 Å². The number of nitrogens with zero attached hydrogens (tertiary/aromatic N) is 1. The lowest BCUT2D eigenvalue weighted by Gasteiger charge is -2.32. The smallest absolute Gasteiger partial charge is 0.253 e. The van der Waals surface area contributed by atoms with Gasteiger partial charge < -0.3 is 10.6 Å². The first kappa shape index (κ1) is 12.5. The fourth-order valence-electron chi connectivity index (χ4n) is 2.19. The summed E-state index contributed by atoms with van der Waals surface area (Å²) >= 11 is 0. The molecule has 1 saturated heterocycles. The van der Waals surface area contributed by atoms with Gasteiger partial charge in [0, 0.05) is 24.6 Å². The van der Waals surface area contributed by atoms with Crippen molar-refractivity contribution in [3.8, 4) is 0 Å². The number of rotatable bonds is 2. The number of carbonyl (C=O) groups excluding carboxylic acids is 1. The van der Waals surface area contributed by atoms with E-state index in [9.17, 15) is 9.18 Å². The van der Waals surface area contributed by atoms with Crippen molar-refractivity contribution in [3.63, 3.8) is 0 Å². The van der Waals surface area contributed by atoms with E-state index in [2.05, 4.69) is 0 Å². The van der Waals surface area contributed by atoms with Crippen LogP contribution < -0.4 is 5.73 Å². The summed E-state index contributed by atoms with van der Waals surface area (Å²) in [6, 6.07) is 5.52. The minimum Gasteiger partial charge on any atom is -0.387 e. The van der Waals surface area contributed by atoms with Crippen molar-refractivity contribution in [2.75, 3.05) is 13.1 Å². The quantitative estimate of drug-likeness (QED) is 0.617. The Morgan fingerprint density at radius 3 is 2.67 bits per heavy atom. The van der Waals surface area contributed by atoms with Crippen LogP contribution in [0.5, 0.6) is 0 Å². The van der Waals surface area contributed by atoms with Crippen LogP contribution >= 0.6 is 0 Å². The standard InChI is InChI=1S/C13H16FN3O/c14-11-5-3-9(4-6-11)13(18)17-7-1-2-10(8-17)12(15)16/h3-6,10H,1-2,7-8H2,(H3,15,16)/t10-/m1/s1. The van der Waals surface area contributed by atoms with Gasteiger partial charge in [-0.25, -0.2) is 4.39 Å². The largest absolute Gasteiger partial charge is 0.387 e. The molecule has 0 bridgehead atoms. The molecule has 0 aromatic heterocycles. The summed E-state index contributed by atoms with van der Waals surface area (Å²) in [5.74, 6) is -0.400. The summed E-state index contributed by atoms with van der Waals surface area (Å²) in [5, 5.41) is 7.44. The number of halogens is 1. The number of amides is 1. The second-order valence-corrected chi connectivity index (χ2v) is 4.55. The highest BCUT2D eigenvalue weighted by atomic mass is 19.1. The first-order valence-electron chi connectivity index (χ1n) is 5.96. The SMILES string of the molecule is N=C(N)[C@@H]1CCCN(C(=O)c2ccc(F)cc2)C1. The van der Waals surface area contributed by atoms with Gasteiger partial charge in [0.15, 0.2) is 0 Å². The minimum atomic E-state index is -0.355. The highest BCUT2D eigenvalue weighted by Gasteiger charge is 2.25. The number of amidine groups is 1. The van der Waals surface area contributed by atoms with E-state index in [0.717, 1.165) is 12.8 Å². The number of hydrogen-bond acceptors (Lipinski definition) is 2. The molecule has 18 heavy (non-hydrogen) atoms. The molecule has 1 aromatic rings. The van der Waals surface area contributed by atoms with Gasteiger partial charge in [-0.1, -0.05) is 0 Å². The molecule has 0 aliphatic carbocycles. The summed E-state index contributed by atoms with van der Waals surface area (Å²) in [5.41, 5.74) is 5.96. The van der Waals surface area contributed by atoms with E-state index in [-0.39, 0.29) is 23.5 Å². The Hall–Kier alpha value is -1.91. The van der Waals surface area contributed by atoms with Crippen molar-refractivity contribution < 1.29 is 9.18 Å². The number of piperidine rings is 1. The van der Waals surface area contributed by atoms with E-state index in [4.69, 9.17) is 11.1 Å². The minimum absolute atomic E-state index is 0.0526. The lowest BCUT2D eigenvalue weighted by molar-refractivity contribution is 0.0702. The number of benzene rings is 1. The number of nitrogens with one attached hydrogen (secondary N) is 1. The van der Waals surface area contributed by atoms with E-state index in [1.807, 2.05) is 0 Å². The molecule has 4 nitrogen and oxygen atoms in total. The maximum atomic E-state index is 12.8. The summed E-state index contributed by atoms with van der Waals surface area (Å²) in [6.07, 6.45) is 1.69. The molecule has 2 rings (SSSR count). The third kappa shape index (κ3) is 2.67. The molecule has 0 spiro atoms. The van der Waals surface area contributed by atoms with Crippen LogP contribution in [0.4, 0.5) is 4.39 Å². The van der Waals surface area contributed by atoms with Gasteiger partial charge >= 0.3 is 0 Å². The Morgan fingerprint density at radius 2 is 2.06 bits per heavy atom. The molecule has 1 atom stereocenters. The van der Waals surface area contributed by atoms with Crippen molar-refractivity contribution in [1.29, 1.82) is 5.41 Å². The third-order valence-electron chi connectivity index (χ3n) is 3.24. The lowest BCUT2D eigenvalue weighted by Crippen LogP contribution is -2.43. The first-order valence-corrected chi connectivity index (χ1v) is 5.96. The maximum absolute atomic E-state index is 12.8. The Labute approximate surface area is 105 Å². The average molecular weight is 249 g/mol. The Morgan fingerprint density at radius 1 is 1.39 bits per heavy atom. The summed E-state index contributed by atoms with van der Waals surface area (Å²) in [7, 11) is 0. The van der Waals surface area contributed by atoms with Crippen LogP contribution in [0.15, 0.2) is 24.3 Å². The van der Waals surface area contributed by atoms with Gasteiger partial charge in [-0.3, -0.25) is 10.2 Å². The van der Waals surface area contributed by atoms with E-state index in [1.54, 1.807) is 4.90 Å². The van der Waals surface area contributed by atoms with Gasteiger partial charge in [0.25, 0.3) is 5.91 Å². The van der Waals surface area contributed by atoms with Crippen LogP contribution in [0, 0.1) is 17.1 Å². The van der Waals surface area contributed by atoms with Crippen molar-refractivity contribution in [1.82, 2.24) is 4.90 Å². The van der Waals surface area contributed by atoms with Gasteiger partial charge in [-0.15, -0.1) is 0 Å². The molecule has 0 saturated carbocycles. The van der Waals surface area contributed by atoms with Gasteiger partial charge in [0.05, 0.1) is 5.84 Å². The summed E-state index contributed by atoms with van der Waals surface area (Å²) in [6.45, 7) is 1.14. The Balaban J connectivity index is 2.09. The fourth-order valence-corrected chi connectivity index (χ4v) is 2.19. The van der Waals surface area contributed by atoms with E-state index in [1.165, 1.54) is 24.3 Å². The molecule has 1 aromatic carbocycles. The van der Waals surface area contributed by atoms with Gasteiger partial charge in [0.2, 0.25) is 0 Å². The predicted molar refractivity (Wildman–Crippen MR) is 66.9 cm³/mol. The van der Waals surface area contributed by atoms with E-state index < -0.39 is 0 Å². The average Bonchev–Trinajstić information content (AvgIpc) is 2.39. The predicted octanol–water partition coefficient (Wildman–Crippen LogP) is 1.61. The molecule has 1 aliphatic rings. The summed E-state index contributed by atoms with van der Waals surface area (Å²) < 4.78 is 12.8. The van der Waals surface area contributed by atoms with Gasteiger partial charge in [-0.2, -0.15) is 0 Å². The Kier molecular flexibility index (Phi) is 3.60. The highest BCUT2D eigenvalue weighted by Crippen LogP contribution is 2.18. The fraction of sp³-hybridized carbons (Fsp3) is 0.385. The highest BCUT2D eigenvalue weighted by molar-refractivity contribution is 5.94. The normalized spacial score (nSPS) is 19.6. The topological polar surface area (TPSA) is 70.2 Å². The third-order valence-corrected chi connectivity index (χ3v) is 3.24. The van der Waals surface area contributed by atoms with Crippen LogP contribution in [-0.2, 0) is 0 Å². The molecule has 1 fully saturated rings. The molecule has 96 valence electrons. The van der Waals surface area contributed by atoms with Gasteiger partial charge in [-0.05, 0) is 37.1 Å². The zero-order chi connectivity index (χ0) is 13.1. The second-order valence-electron chi connectivity index (χ2n) is 4.55. The van der Waals surface area contributed by atoms with Crippen molar-refractivity contribution >= 4 is 11.7 Å². The molecule has 1 amide bonds. The summed E-state index contributed by atoms with van der Waals surface area (Å²) in [4.78, 5) is 13.9. The molecule has 3 N–H and O–H groups in total. The molecule has 1 heterocycles. The first-order chi connectivity index (χ1) is 8.58. The van der Waals surface area contributed by atoms with Gasteiger partial charge in [0.1, 0.15) is 5.82 Å². The lowest BCUT2D eigenvalue weighted by atomic mass is 9.96. The maximum Gasteiger partial charge on any atom is 0.253 e. The van der Waals surface area contributed by atoms with Crippen LogP contribution in [-0.4, -0.2) is 29.7 Å². The van der Waals surface area contributed by atoms with Crippen LogP contribution in [0.25, 0.3) is 0 Å².